The van der Waals surface area contributed by atoms with Crippen molar-refractivity contribution in [2.45, 2.75) is 72.0 Å². The Labute approximate surface area is 251 Å². The maximum absolute atomic E-state index is 14.2. The average Bonchev–Trinajstić information content (AvgIpc) is 3.21. The number of likely N-dealkylation sites (tertiary alicyclic amines) is 1. The lowest BCUT2D eigenvalue weighted by atomic mass is 9.92. The van der Waals surface area contributed by atoms with E-state index in [1.807, 2.05) is 6.92 Å². The van der Waals surface area contributed by atoms with E-state index in [-0.39, 0.29) is 23.6 Å². The van der Waals surface area contributed by atoms with Gasteiger partial charge in [0.25, 0.3) is 0 Å². The molecule has 1 aliphatic heterocycles. The van der Waals surface area contributed by atoms with E-state index in [2.05, 4.69) is 38.9 Å². The van der Waals surface area contributed by atoms with Crippen molar-refractivity contribution >= 4 is 17.5 Å². The van der Waals surface area contributed by atoms with Gasteiger partial charge in [-0.05, 0) is 87.5 Å². The maximum Gasteiger partial charge on any atom is 0.416 e. The second-order valence-corrected chi connectivity index (χ2v) is 11.2. The molecule has 0 aliphatic carbocycles. The van der Waals surface area contributed by atoms with E-state index >= 15 is 0 Å². The summed E-state index contributed by atoms with van der Waals surface area (Å²) in [6.45, 7) is 8.78. The number of halogens is 3. The van der Waals surface area contributed by atoms with Crippen molar-refractivity contribution in [2.75, 3.05) is 18.4 Å². The van der Waals surface area contributed by atoms with E-state index in [1.54, 1.807) is 31.3 Å². The lowest BCUT2D eigenvalue weighted by molar-refractivity contribution is -0.138. The Bertz CT molecular complexity index is 1540. The molecule has 9 heteroatoms. The Morgan fingerprint density at radius 2 is 1.84 bits per heavy atom. The summed E-state index contributed by atoms with van der Waals surface area (Å²) in [6.07, 6.45) is 2.67. The summed E-state index contributed by atoms with van der Waals surface area (Å²) in [5, 5.41) is 2.65. The van der Waals surface area contributed by atoms with E-state index in [4.69, 9.17) is 0 Å². The van der Waals surface area contributed by atoms with Crippen molar-refractivity contribution in [3.05, 3.63) is 87.9 Å². The van der Waals surface area contributed by atoms with E-state index in [0.717, 1.165) is 50.4 Å². The van der Waals surface area contributed by atoms with Gasteiger partial charge in [-0.2, -0.15) is 13.2 Å². The molecule has 1 saturated heterocycles. The largest absolute Gasteiger partial charge is 0.416 e. The van der Waals surface area contributed by atoms with Crippen LogP contribution in [0.1, 0.15) is 96.2 Å². The first kappa shape index (κ1) is 31.9. The molecule has 0 saturated carbocycles. The highest BCUT2D eigenvalue weighted by molar-refractivity contribution is 6.00. The number of benzene rings is 1. The molecule has 1 N–H and O–H groups in total. The van der Waals surface area contributed by atoms with Crippen molar-refractivity contribution in [3.8, 4) is 11.8 Å². The number of hydrogen-bond acceptors (Lipinski definition) is 5. The van der Waals surface area contributed by atoms with Gasteiger partial charge in [-0.15, -0.1) is 0 Å². The van der Waals surface area contributed by atoms with Crippen LogP contribution in [0.25, 0.3) is 0 Å². The van der Waals surface area contributed by atoms with E-state index in [1.165, 1.54) is 25.3 Å². The molecule has 1 fully saturated rings. The number of pyridine rings is 2. The Balaban J connectivity index is 1.52. The van der Waals surface area contributed by atoms with Gasteiger partial charge in [0.05, 0.1) is 17.2 Å². The van der Waals surface area contributed by atoms with E-state index in [9.17, 15) is 22.8 Å². The third kappa shape index (κ3) is 8.51. The third-order valence-corrected chi connectivity index (χ3v) is 7.95. The molecule has 3 heterocycles. The third-order valence-electron chi connectivity index (χ3n) is 7.95. The van der Waals surface area contributed by atoms with E-state index in [0.29, 0.717) is 28.6 Å². The van der Waals surface area contributed by atoms with Crippen molar-refractivity contribution in [2.24, 2.45) is 5.92 Å². The fourth-order valence-corrected chi connectivity index (χ4v) is 5.40. The quantitative estimate of drug-likeness (QED) is 0.234. The molecule has 226 valence electrons. The molecule has 1 aliphatic rings. The topological polar surface area (TPSA) is 75.2 Å². The molecule has 3 aromatic rings. The van der Waals surface area contributed by atoms with Crippen LogP contribution in [0, 0.1) is 24.7 Å². The Morgan fingerprint density at radius 3 is 2.53 bits per heavy atom. The van der Waals surface area contributed by atoms with Gasteiger partial charge in [0.15, 0.2) is 5.78 Å². The Morgan fingerprint density at radius 1 is 1.07 bits per heavy atom. The number of nitrogens with one attached hydrogen (secondary N) is 1. The first-order valence-corrected chi connectivity index (χ1v) is 14.6. The molecule has 0 radical (unpaired) electrons. The van der Waals surface area contributed by atoms with Crippen LogP contribution in [0.3, 0.4) is 0 Å². The molecule has 6 nitrogen and oxygen atoms in total. The van der Waals surface area contributed by atoms with Crippen LogP contribution in [0.4, 0.5) is 19.0 Å². The minimum absolute atomic E-state index is 0.00425. The summed E-state index contributed by atoms with van der Waals surface area (Å²) in [5.74, 6) is 5.70. The first-order valence-electron chi connectivity index (χ1n) is 14.6. The van der Waals surface area contributed by atoms with Crippen molar-refractivity contribution in [1.29, 1.82) is 0 Å². The number of aromatic nitrogens is 2. The molecule has 1 aromatic carbocycles. The van der Waals surface area contributed by atoms with Crippen LogP contribution >= 0.6 is 0 Å². The van der Waals surface area contributed by atoms with Gasteiger partial charge < -0.3 is 5.32 Å². The standard InChI is InChI=1S/C34H37F3N4O2/c1-5-25-7-6-15-41(16-13-25)21-29-11-10-28(19-30(29)34(35,36)37)32(43)23(3)31-18-26(12-14-38-31)8-9-27-17-22(2)33(39-20-27)40-24(4)42/h10-12,14,17-20,23,25H,5-7,13,15-16,21H2,1-4H3,(H,39,40,42). The molecule has 2 atom stereocenters. The average molecular weight is 591 g/mol. The number of aryl methyl sites for hydroxylation is 1. The number of amides is 1. The van der Waals surface area contributed by atoms with Gasteiger partial charge >= 0.3 is 6.18 Å². The zero-order chi connectivity index (χ0) is 31.1. The van der Waals surface area contributed by atoms with Crippen LogP contribution in [-0.2, 0) is 17.5 Å². The van der Waals surface area contributed by atoms with E-state index < -0.39 is 23.4 Å². The lowest BCUT2D eigenvalue weighted by Crippen LogP contribution is -2.26. The normalized spacial score (nSPS) is 16.5. The van der Waals surface area contributed by atoms with Gasteiger partial charge in [0, 0.05) is 42.6 Å². The fraction of sp³-hybridized carbons (Fsp3) is 0.412. The SMILES string of the molecule is CCC1CCCN(Cc2ccc(C(=O)C(C)c3cc(C#Cc4cnc(NC(C)=O)c(C)c4)ccn3)cc2C(F)(F)F)CC1. The van der Waals surface area contributed by atoms with Crippen LogP contribution in [0.15, 0.2) is 48.8 Å². The van der Waals surface area contributed by atoms with Crippen LogP contribution < -0.4 is 5.32 Å². The molecular formula is C34H37F3N4O2. The highest BCUT2D eigenvalue weighted by atomic mass is 19.4. The van der Waals surface area contributed by atoms with Crippen LogP contribution in [-0.4, -0.2) is 39.6 Å². The number of alkyl halides is 3. The number of rotatable bonds is 7. The predicted octanol–water partition coefficient (Wildman–Crippen LogP) is 7.16. The van der Waals surface area contributed by atoms with Gasteiger partial charge in [-0.3, -0.25) is 19.5 Å². The van der Waals surface area contributed by atoms with Gasteiger partial charge in [-0.25, -0.2) is 4.98 Å². The van der Waals surface area contributed by atoms with Gasteiger partial charge in [0.2, 0.25) is 5.91 Å². The van der Waals surface area contributed by atoms with Crippen LogP contribution in [0.5, 0.6) is 0 Å². The molecule has 1 amide bonds. The highest BCUT2D eigenvalue weighted by Gasteiger charge is 2.35. The Kier molecular flexibility index (Phi) is 10.4. The molecule has 0 bridgehead atoms. The monoisotopic (exact) mass is 590 g/mol. The van der Waals surface area contributed by atoms with Gasteiger partial charge in [-0.1, -0.05) is 37.3 Å². The number of Topliss-reactive ketones (excluding diaryl/α,β-unsaturated/α-hetero) is 1. The summed E-state index contributed by atoms with van der Waals surface area (Å²) in [6, 6.07) is 9.11. The molecule has 2 unspecified atom stereocenters. The number of carbonyl (C=O) groups excluding carboxylic acids is 2. The zero-order valence-electron chi connectivity index (χ0n) is 25.0. The lowest BCUT2D eigenvalue weighted by Gasteiger charge is -2.23. The zero-order valence-corrected chi connectivity index (χ0v) is 25.0. The number of ketones is 1. The summed E-state index contributed by atoms with van der Waals surface area (Å²) < 4.78 is 42.5. The summed E-state index contributed by atoms with van der Waals surface area (Å²) in [5.41, 5.74) is 1.85. The molecular weight excluding hydrogens is 553 g/mol. The molecule has 43 heavy (non-hydrogen) atoms. The van der Waals surface area contributed by atoms with Crippen molar-refractivity contribution < 1.29 is 22.8 Å². The highest BCUT2D eigenvalue weighted by Crippen LogP contribution is 2.35. The Hall–Kier alpha value is -4.03. The molecule has 2 aromatic heterocycles. The first-order chi connectivity index (χ1) is 20.4. The number of hydrogen-bond donors (Lipinski definition) is 1. The van der Waals surface area contributed by atoms with Crippen molar-refractivity contribution in [1.82, 2.24) is 14.9 Å². The number of carbonyl (C=O) groups is 2. The second-order valence-electron chi connectivity index (χ2n) is 11.2. The fourth-order valence-electron chi connectivity index (χ4n) is 5.40. The summed E-state index contributed by atoms with van der Waals surface area (Å²) in [4.78, 5) is 35.3. The predicted molar refractivity (Wildman–Crippen MR) is 161 cm³/mol. The second kappa shape index (κ2) is 14.0. The maximum atomic E-state index is 14.2. The minimum Gasteiger partial charge on any atom is -0.311 e. The molecule has 4 rings (SSSR count). The summed E-state index contributed by atoms with van der Waals surface area (Å²) in [7, 11) is 0. The summed E-state index contributed by atoms with van der Waals surface area (Å²) >= 11 is 0. The number of nitrogens with zero attached hydrogens (tertiary/aromatic N) is 3. The smallest absolute Gasteiger partial charge is 0.311 e. The minimum atomic E-state index is -4.58. The number of anilines is 1. The van der Waals surface area contributed by atoms with Crippen molar-refractivity contribution in [3.63, 3.8) is 0 Å². The molecule has 0 spiro atoms. The van der Waals surface area contributed by atoms with Gasteiger partial charge in [0.1, 0.15) is 5.82 Å². The van der Waals surface area contributed by atoms with Crippen LogP contribution in [0.2, 0.25) is 0 Å².